The van der Waals surface area contributed by atoms with E-state index in [0.29, 0.717) is 5.56 Å². The van der Waals surface area contributed by atoms with E-state index in [9.17, 15) is 9.59 Å². The lowest BCUT2D eigenvalue weighted by atomic mass is 9.99. The Kier molecular flexibility index (Phi) is 7.13. The summed E-state index contributed by atoms with van der Waals surface area (Å²) >= 11 is 0. The summed E-state index contributed by atoms with van der Waals surface area (Å²) in [6.07, 6.45) is 0.173. The number of carbonyl (C=O) groups is 2. The first kappa shape index (κ1) is 21.7. The highest BCUT2D eigenvalue weighted by atomic mass is 16.4. The van der Waals surface area contributed by atoms with Gasteiger partial charge in [-0.1, -0.05) is 72.8 Å². The topological polar surface area (TPSA) is 131 Å². The normalized spacial score (nSPS) is 12.4. The molecule has 7 heteroatoms. The molecule has 3 aromatic rings. The zero-order valence-corrected chi connectivity index (χ0v) is 16.8. The fourth-order valence-corrected chi connectivity index (χ4v) is 3.13. The van der Waals surface area contributed by atoms with Gasteiger partial charge in [-0.05, 0) is 35.2 Å². The number of amides is 1. The van der Waals surface area contributed by atoms with Gasteiger partial charge in [-0.2, -0.15) is 4.99 Å². The van der Waals surface area contributed by atoms with Crippen molar-refractivity contribution in [2.45, 2.75) is 18.5 Å². The predicted octanol–water partition coefficient (Wildman–Crippen LogP) is 2.48. The van der Waals surface area contributed by atoms with Gasteiger partial charge < -0.3 is 21.9 Å². The van der Waals surface area contributed by atoms with E-state index >= 15 is 0 Å². The molecule has 0 aliphatic rings. The first-order valence-corrected chi connectivity index (χ1v) is 9.76. The highest BCUT2D eigenvalue weighted by Gasteiger charge is 2.16. The molecule has 0 heterocycles. The van der Waals surface area contributed by atoms with Crippen LogP contribution in [-0.4, -0.2) is 29.0 Å². The summed E-state index contributed by atoms with van der Waals surface area (Å²) in [5.41, 5.74) is 14.6. The SMILES string of the molecule is NC(=NC(=O)c1ccc(C[C@H](N)C(=O)O)cc1)NC(c1ccccc1)c1ccccc1. The van der Waals surface area contributed by atoms with Crippen molar-refractivity contribution in [1.82, 2.24) is 5.32 Å². The third-order valence-electron chi connectivity index (χ3n) is 4.75. The number of hydrogen-bond acceptors (Lipinski definition) is 3. The Morgan fingerprint density at radius 3 is 1.87 bits per heavy atom. The average Bonchev–Trinajstić information content (AvgIpc) is 2.79. The van der Waals surface area contributed by atoms with Crippen LogP contribution in [0, 0.1) is 0 Å². The minimum atomic E-state index is -1.07. The van der Waals surface area contributed by atoms with Crippen LogP contribution in [0.1, 0.15) is 33.1 Å². The van der Waals surface area contributed by atoms with Crippen molar-refractivity contribution in [1.29, 1.82) is 0 Å². The minimum Gasteiger partial charge on any atom is -0.480 e. The smallest absolute Gasteiger partial charge is 0.320 e. The van der Waals surface area contributed by atoms with Crippen LogP contribution in [0.2, 0.25) is 0 Å². The van der Waals surface area contributed by atoms with E-state index < -0.39 is 17.9 Å². The molecule has 1 atom stereocenters. The summed E-state index contributed by atoms with van der Waals surface area (Å²) in [6.45, 7) is 0. The molecule has 0 radical (unpaired) electrons. The van der Waals surface area contributed by atoms with Crippen LogP contribution in [0.4, 0.5) is 0 Å². The molecule has 31 heavy (non-hydrogen) atoms. The molecule has 1 amide bonds. The molecule has 3 rings (SSSR count). The Balaban J connectivity index is 1.74. The average molecular weight is 416 g/mol. The summed E-state index contributed by atoms with van der Waals surface area (Å²) in [4.78, 5) is 27.4. The van der Waals surface area contributed by atoms with Crippen molar-refractivity contribution >= 4 is 17.8 Å². The van der Waals surface area contributed by atoms with Gasteiger partial charge >= 0.3 is 5.97 Å². The fraction of sp³-hybridized carbons (Fsp3) is 0.125. The second kappa shape index (κ2) is 10.2. The van der Waals surface area contributed by atoms with Crippen molar-refractivity contribution in [3.05, 3.63) is 107 Å². The first-order chi connectivity index (χ1) is 14.9. The second-order valence-electron chi connectivity index (χ2n) is 7.05. The van der Waals surface area contributed by atoms with Crippen LogP contribution >= 0.6 is 0 Å². The van der Waals surface area contributed by atoms with Gasteiger partial charge in [0.1, 0.15) is 6.04 Å². The number of carbonyl (C=O) groups excluding carboxylic acids is 1. The van der Waals surface area contributed by atoms with E-state index in [1.165, 1.54) is 0 Å². The molecule has 0 aliphatic heterocycles. The quantitative estimate of drug-likeness (QED) is 0.346. The predicted molar refractivity (Wildman–Crippen MR) is 120 cm³/mol. The van der Waals surface area contributed by atoms with Gasteiger partial charge in [0.05, 0.1) is 6.04 Å². The van der Waals surface area contributed by atoms with Gasteiger partial charge in [0.25, 0.3) is 5.91 Å². The molecule has 0 saturated carbocycles. The maximum atomic E-state index is 12.5. The largest absolute Gasteiger partial charge is 0.480 e. The highest BCUT2D eigenvalue weighted by Crippen LogP contribution is 2.21. The molecule has 7 nitrogen and oxygen atoms in total. The van der Waals surface area contributed by atoms with E-state index in [4.69, 9.17) is 16.6 Å². The van der Waals surface area contributed by atoms with Crippen molar-refractivity contribution in [3.63, 3.8) is 0 Å². The van der Waals surface area contributed by atoms with Gasteiger partial charge in [0, 0.05) is 5.56 Å². The molecule has 158 valence electrons. The number of carboxylic acid groups (broad SMARTS) is 1. The number of rotatable bonds is 7. The summed E-state index contributed by atoms with van der Waals surface area (Å²) in [6, 6.07) is 24.7. The number of hydrogen-bond donors (Lipinski definition) is 4. The van der Waals surface area contributed by atoms with Crippen LogP contribution in [0.25, 0.3) is 0 Å². The molecule has 0 aromatic heterocycles. The summed E-state index contributed by atoms with van der Waals surface area (Å²) < 4.78 is 0. The Morgan fingerprint density at radius 1 is 0.871 bits per heavy atom. The minimum absolute atomic E-state index is 0.000294. The number of benzene rings is 3. The van der Waals surface area contributed by atoms with Gasteiger partial charge in [-0.3, -0.25) is 9.59 Å². The van der Waals surface area contributed by atoms with Crippen LogP contribution in [0.3, 0.4) is 0 Å². The summed E-state index contributed by atoms with van der Waals surface area (Å²) in [7, 11) is 0. The zero-order chi connectivity index (χ0) is 22.2. The summed E-state index contributed by atoms with van der Waals surface area (Å²) in [5, 5.41) is 12.0. The van der Waals surface area contributed by atoms with Gasteiger partial charge in [-0.15, -0.1) is 0 Å². The van der Waals surface area contributed by atoms with E-state index in [0.717, 1.165) is 16.7 Å². The molecule has 0 spiro atoms. The lowest BCUT2D eigenvalue weighted by Gasteiger charge is -2.20. The second-order valence-corrected chi connectivity index (χ2v) is 7.05. The van der Waals surface area contributed by atoms with Gasteiger partial charge in [0.2, 0.25) is 0 Å². The number of nitrogens with two attached hydrogens (primary N) is 2. The maximum absolute atomic E-state index is 12.5. The number of carboxylic acids is 1. The van der Waals surface area contributed by atoms with E-state index in [1.54, 1.807) is 24.3 Å². The van der Waals surface area contributed by atoms with Crippen LogP contribution in [0.15, 0.2) is 89.9 Å². The lowest BCUT2D eigenvalue weighted by molar-refractivity contribution is -0.138. The molecular formula is C24H24N4O3. The van der Waals surface area contributed by atoms with E-state index in [1.807, 2.05) is 60.7 Å². The Hall–Kier alpha value is -3.97. The van der Waals surface area contributed by atoms with E-state index in [2.05, 4.69) is 10.3 Å². The molecule has 6 N–H and O–H groups in total. The number of aliphatic carboxylic acids is 1. The van der Waals surface area contributed by atoms with Crippen molar-refractivity contribution < 1.29 is 14.7 Å². The Labute approximate surface area is 180 Å². The molecule has 0 saturated heterocycles. The highest BCUT2D eigenvalue weighted by molar-refractivity contribution is 6.02. The molecular weight excluding hydrogens is 392 g/mol. The van der Waals surface area contributed by atoms with E-state index in [-0.39, 0.29) is 18.4 Å². The molecule has 3 aromatic carbocycles. The first-order valence-electron chi connectivity index (χ1n) is 9.76. The summed E-state index contributed by atoms with van der Waals surface area (Å²) in [5.74, 6) is -1.58. The third-order valence-corrected chi connectivity index (χ3v) is 4.75. The lowest BCUT2D eigenvalue weighted by Crippen LogP contribution is -2.36. The van der Waals surface area contributed by atoms with Gasteiger partial charge in [0.15, 0.2) is 5.96 Å². The number of nitrogens with zero attached hydrogens (tertiary/aromatic N) is 1. The van der Waals surface area contributed by atoms with Crippen LogP contribution < -0.4 is 16.8 Å². The molecule has 0 fully saturated rings. The fourth-order valence-electron chi connectivity index (χ4n) is 3.13. The van der Waals surface area contributed by atoms with Crippen LogP contribution in [0.5, 0.6) is 0 Å². The number of aliphatic imine (C=N–C) groups is 1. The Bertz CT molecular complexity index is 1010. The number of guanidine groups is 1. The molecule has 0 bridgehead atoms. The number of nitrogens with one attached hydrogen (secondary N) is 1. The van der Waals surface area contributed by atoms with Crippen molar-refractivity contribution in [2.75, 3.05) is 0 Å². The molecule has 0 unspecified atom stereocenters. The van der Waals surface area contributed by atoms with Gasteiger partial charge in [-0.25, -0.2) is 0 Å². The van der Waals surface area contributed by atoms with Crippen molar-refractivity contribution in [2.24, 2.45) is 16.5 Å². The Morgan fingerprint density at radius 2 is 1.39 bits per heavy atom. The third kappa shape index (κ3) is 6.01. The van der Waals surface area contributed by atoms with Crippen LogP contribution in [-0.2, 0) is 11.2 Å². The standard InChI is InChI=1S/C24H24N4O3/c25-20(23(30)31)15-16-11-13-19(14-12-16)22(29)28-24(26)27-21(17-7-3-1-4-8-17)18-9-5-2-6-10-18/h1-14,20-21H,15,25H2,(H,30,31)(H3,26,27,28,29)/t20-/m0/s1. The monoisotopic (exact) mass is 416 g/mol. The maximum Gasteiger partial charge on any atom is 0.320 e. The molecule has 0 aliphatic carbocycles. The zero-order valence-electron chi connectivity index (χ0n) is 16.8. The van der Waals surface area contributed by atoms with Crippen molar-refractivity contribution in [3.8, 4) is 0 Å².